The van der Waals surface area contributed by atoms with E-state index in [2.05, 4.69) is 153 Å². The van der Waals surface area contributed by atoms with Crippen LogP contribution in [-0.2, 0) is 0 Å². The molecule has 0 saturated carbocycles. The van der Waals surface area contributed by atoms with Crippen LogP contribution in [0.5, 0.6) is 5.75 Å². The molecule has 0 heterocycles. The van der Waals surface area contributed by atoms with Crippen LogP contribution in [0.15, 0.2) is 115 Å². The van der Waals surface area contributed by atoms with Crippen molar-refractivity contribution < 1.29 is 4.74 Å². The average Bonchev–Trinajstić information content (AvgIpc) is 2.93. The second kappa shape index (κ2) is 10.9. The van der Waals surface area contributed by atoms with E-state index in [1.54, 1.807) is 7.11 Å². The lowest BCUT2D eigenvalue weighted by Gasteiger charge is -2.30. The van der Waals surface area contributed by atoms with Crippen molar-refractivity contribution in [3.8, 4) is 5.75 Å². The van der Waals surface area contributed by atoms with E-state index in [1.165, 1.54) is 22.3 Å². The van der Waals surface area contributed by atoms with Crippen LogP contribution in [-0.4, -0.2) is 7.11 Å². The predicted octanol–water partition coefficient (Wildman–Crippen LogP) is 9.87. The van der Waals surface area contributed by atoms with Crippen molar-refractivity contribution in [3.63, 3.8) is 0 Å². The third kappa shape index (κ3) is 5.42. The lowest BCUT2D eigenvalue weighted by molar-refractivity contribution is 0.415. The van der Waals surface area contributed by atoms with Gasteiger partial charge in [0.05, 0.1) is 18.5 Å². The molecule has 5 aromatic rings. The minimum Gasteiger partial charge on any atom is -0.497 e. The zero-order valence-corrected chi connectivity index (χ0v) is 22.8. The Morgan fingerprint density at radius 1 is 0.368 bits per heavy atom. The van der Waals surface area contributed by atoms with E-state index in [0.29, 0.717) is 0 Å². The smallest absolute Gasteiger partial charge is 0.123 e. The van der Waals surface area contributed by atoms with Gasteiger partial charge in [0.15, 0.2) is 0 Å². The minimum absolute atomic E-state index is 0.797. The number of hydrogen-bond donors (Lipinski definition) is 0. The third-order valence-corrected chi connectivity index (χ3v) is 6.80. The van der Waals surface area contributed by atoms with Gasteiger partial charge in [-0.2, -0.15) is 0 Å². The highest BCUT2D eigenvalue weighted by atomic mass is 16.5. The highest BCUT2D eigenvalue weighted by Crippen LogP contribution is 2.42. The van der Waals surface area contributed by atoms with E-state index in [9.17, 15) is 0 Å². The Hall–Kier alpha value is -4.50. The summed E-state index contributed by atoms with van der Waals surface area (Å²) in [4.78, 5) is 4.57. The molecule has 0 spiro atoms. The Morgan fingerprint density at radius 2 is 0.632 bits per heavy atom. The van der Waals surface area contributed by atoms with Crippen molar-refractivity contribution in [3.05, 3.63) is 138 Å². The first kappa shape index (κ1) is 25.2. The molecule has 0 N–H and O–H groups in total. The highest BCUT2D eigenvalue weighted by Gasteiger charge is 2.19. The maximum Gasteiger partial charge on any atom is 0.123 e. The van der Waals surface area contributed by atoms with Crippen molar-refractivity contribution in [1.82, 2.24) is 0 Å². The number of methoxy groups -OCH3 is 1. The number of benzene rings is 5. The van der Waals surface area contributed by atoms with E-state index in [-0.39, 0.29) is 0 Å². The standard InChI is InChI=1S/C35H34N2O/c1-25-6-14-29(15-7-25)36(30-16-8-26(2)9-17-30)33-22-34(24-35(23-33)38-5)37(31-18-10-27(3)11-19-31)32-20-12-28(4)13-21-32/h6-24H,1-5H3. The van der Waals surface area contributed by atoms with Crippen LogP contribution in [0.2, 0.25) is 0 Å². The Balaban J connectivity index is 1.72. The van der Waals surface area contributed by atoms with E-state index >= 15 is 0 Å². The number of ether oxygens (including phenoxy) is 1. The molecule has 0 aromatic heterocycles. The van der Waals surface area contributed by atoms with Gasteiger partial charge in [-0.1, -0.05) is 70.8 Å². The largest absolute Gasteiger partial charge is 0.497 e. The van der Waals surface area contributed by atoms with Crippen LogP contribution in [0.1, 0.15) is 22.3 Å². The summed E-state index contributed by atoms with van der Waals surface area (Å²) in [6.45, 7) is 8.46. The van der Waals surface area contributed by atoms with Gasteiger partial charge in [0, 0.05) is 34.9 Å². The minimum atomic E-state index is 0.797. The van der Waals surface area contributed by atoms with Gasteiger partial charge in [-0.05, 0) is 82.3 Å². The quantitative estimate of drug-likeness (QED) is 0.222. The summed E-state index contributed by atoms with van der Waals surface area (Å²) in [5.74, 6) is 0.797. The molecule has 0 fully saturated rings. The van der Waals surface area contributed by atoms with Crippen LogP contribution < -0.4 is 14.5 Å². The summed E-state index contributed by atoms with van der Waals surface area (Å²) >= 11 is 0. The lowest BCUT2D eigenvalue weighted by atomic mass is 10.1. The highest BCUT2D eigenvalue weighted by molar-refractivity contribution is 5.84. The van der Waals surface area contributed by atoms with Crippen LogP contribution in [0.25, 0.3) is 0 Å². The average molecular weight is 499 g/mol. The molecule has 190 valence electrons. The molecule has 5 aromatic carbocycles. The van der Waals surface area contributed by atoms with Gasteiger partial charge in [-0.3, -0.25) is 0 Å². The summed E-state index contributed by atoms with van der Waals surface area (Å²) in [6, 6.07) is 41.1. The Kier molecular flexibility index (Phi) is 7.19. The summed E-state index contributed by atoms with van der Waals surface area (Å²) in [6.07, 6.45) is 0. The molecule has 0 aliphatic rings. The number of anilines is 6. The summed E-state index contributed by atoms with van der Waals surface area (Å²) in [5.41, 5.74) is 11.3. The molecule has 0 aliphatic carbocycles. The molecule has 0 saturated heterocycles. The fourth-order valence-electron chi connectivity index (χ4n) is 4.61. The van der Waals surface area contributed by atoms with E-state index < -0.39 is 0 Å². The summed E-state index contributed by atoms with van der Waals surface area (Å²) < 4.78 is 5.86. The molecule has 0 radical (unpaired) electrons. The number of rotatable bonds is 7. The number of hydrogen-bond acceptors (Lipinski definition) is 3. The number of aryl methyl sites for hydroxylation is 4. The van der Waals surface area contributed by atoms with Crippen molar-refractivity contribution in [2.24, 2.45) is 0 Å². The molecule has 3 nitrogen and oxygen atoms in total. The van der Waals surface area contributed by atoms with E-state index in [1.807, 2.05) is 0 Å². The zero-order chi connectivity index (χ0) is 26.6. The molecular weight excluding hydrogens is 464 g/mol. The van der Waals surface area contributed by atoms with Gasteiger partial charge in [0.1, 0.15) is 5.75 Å². The molecule has 3 heteroatoms. The fourth-order valence-corrected chi connectivity index (χ4v) is 4.61. The molecule has 0 unspecified atom stereocenters. The van der Waals surface area contributed by atoms with Gasteiger partial charge < -0.3 is 14.5 Å². The van der Waals surface area contributed by atoms with Gasteiger partial charge in [-0.15, -0.1) is 0 Å². The molecule has 38 heavy (non-hydrogen) atoms. The second-order valence-corrected chi connectivity index (χ2v) is 9.90. The Bertz CT molecular complexity index is 1300. The third-order valence-electron chi connectivity index (χ3n) is 6.80. The lowest BCUT2D eigenvalue weighted by Crippen LogP contribution is -2.13. The Labute approximate surface area is 226 Å². The van der Waals surface area contributed by atoms with E-state index in [0.717, 1.165) is 39.9 Å². The number of nitrogens with zero attached hydrogens (tertiary/aromatic N) is 2. The molecule has 0 bridgehead atoms. The van der Waals surface area contributed by atoms with Gasteiger partial charge in [-0.25, -0.2) is 0 Å². The van der Waals surface area contributed by atoms with Crippen molar-refractivity contribution in [1.29, 1.82) is 0 Å². The monoisotopic (exact) mass is 498 g/mol. The fraction of sp³-hybridized carbons (Fsp3) is 0.143. The van der Waals surface area contributed by atoms with Crippen molar-refractivity contribution in [2.45, 2.75) is 27.7 Å². The van der Waals surface area contributed by atoms with Gasteiger partial charge in [0.25, 0.3) is 0 Å². The van der Waals surface area contributed by atoms with Crippen LogP contribution in [0.3, 0.4) is 0 Å². The molecule has 0 amide bonds. The van der Waals surface area contributed by atoms with Crippen LogP contribution >= 0.6 is 0 Å². The first-order valence-electron chi connectivity index (χ1n) is 13.0. The molecule has 5 rings (SSSR count). The van der Waals surface area contributed by atoms with Gasteiger partial charge in [0.2, 0.25) is 0 Å². The first-order valence-corrected chi connectivity index (χ1v) is 13.0. The van der Waals surface area contributed by atoms with Crippen molar-refractivity contribution in [2.75, 3.05) is 16.9 Å². The van der Waals surface area contributed by atoms with Crippen LogP contribution in [0.4, 0.5) is 34.1 Å². The maximum absolute atomic E-state index is 5.86. The summed E-state index contributed by atoms with van der Waals surface area (Å²) in [5, 5.41) is 0. The van der Waals surface area contributed by atoms with Crippen LogP contribution in [0, 0.1) is 27.7 Å². The van der Waals surface area contributed by atoms with Gasteiger partial charge >= 0.3 is 0 Å². The first-order chi connectivity index (χ1) is 18.4. The second-order valence-electron chi connectivity index (χ2n) is 9.90. The topological polar surface area (TPSA) is 15.7 Å². The molecular formula is C35H34N2O. The maximum atomic E-state index is 5.86. The molecule has 0 aliphatic heterocycles. The van der Waals surface area contributed by atoms with E-state index in [4.69, 9.17) is 4.74 Å². The summed E-state index contributed by atoms with van der Waals surface area (Å²) in [7, 11) is 1.73. The van der Waals surface area contributed by atoms with Crippen molar-refractivity contribution >= 4 is 34.1 Å². The normalized spacial score (nSPS) is 10.8. The predicted molar refractivity (Wildman–Crippen MR) is 161 cm³/mol. The Morgan fingerprint density at radius 3 is 0.868 bits per heavy atom. The zero-order valence-electron chi connectivity index (χ0n) is 22.8. The molecule has 0 atom stereocenters. The SMILES string of the molecule is COc1cc(N(c2ccc(C)cc2)c2ccc(C)cc2)cc(N(c2ccc(C)cc2)c2ccc(C)cc2)c1.